The van der Waals surface area contributed by atoms with Crippen LogP contribution >= 0.6 is 12.6 Å². The highest BCUT2D eigenvalue weighted by Gasteiger charge is 2.03. The molecule has 2 rings (SSSR count). The lowest BCUT2D eigenvalue weighted by molar-refractivity contribution is 0.112. The van der Waals surface area contributed by atoms with Crippen LogP contribution in [0.5, 0.6) is 5.75 Å². The molecular weight excluding hydrogens is 246 g/mol. The third-order valence-electron chi connectivity index (χ3n) is 2.54. The Balaban J connectivity index is 2.05. The molecule has 1 aromatic carbocycles. The Morgan fingerprint density at radius 2 is 2.00 bits per heavy atom. The summed E-state index contributed by atoms with van der Waals surface area (Å²) >= 11 is 4.08. The molecule has 3 nitrogen and oxygen atoms in total. The summed E-state index contributed by atoms with van der Waals surface area (Å²) in [6.07, 6.45) is 0. The summed E-state index contributed by atoms with van der Waals surface area (Å²) in [6.45, 7) is 3.73. The van der Waals surface area contributed by atoms with Crippen LogP contribution in [0.15, 0.2) is 30.3 Å². The number of aryl methyl sites for hydroxylation is 1. The zero-order valence-corrected chi connectivity index (χ0v) is 11.3. The van der Waals surface area contributed by atoms with Crippen LogP contribution in [0.3, 0.4) is 0 Å². The van der Waals surface area contributed by atoms with Crippen LogP contribution in [0.1, 0.15) is 5.69 Å². The number of nitrogens with zero attached hydrogens (tertiary/aromatic N) is 1. The highest BCUT2D eigenvalue weighted by molar-refractivity contribution is 7.80. The van der Waals surface area contributed by atoms with Crippen LogP contribution in [0.2, 0.25) is 0 Å². The molecule has 0 amide bonds. The number of ether oxygens (including phenoxy) is 2. The summed E-state index contributed by atoms with van der Waals surface area (Å²) in [7, 11) is 0. The first-order valence-electron chi connectivity index (χ1n) is 5.99. The van der Waals surface area contributed by atoms with Crippen LogP contribution in [-0.4, -0.2) is 30.6 Å². The number of rotatable bonds is 6. The molecule has 1 aromatic heterocycles. The molecule has 0 radical (unpaired) electrons. The number of thiol groups is 1. The van der Waals surface area contributed by atoms with Crippen molar-refractivity contribution < 1.29 is 9.47 Å². The van der Waals surface area contributed by atoms with Crippen LogP contribution < -0.4 is 4.74 Å². The molecule has 0 bridgehead atoms. The zero-order valence-electron chi connectivity index (χ0n) is 10.4. The smallest absolute Gasteiger partial charge is 0.145 e. The van der Waals surface area contributed by atoms with Crippen molar-refractivity contribution in [2.45, 2.75) is 6.92 Å². The Hall–Kier alpha value is -1.26. The number of hydrogen-bond donors (Lipinski definition) is 1. The second-order valence-corrected chi connectivity index (χ2v) is 4.41. The molecule has 2 aromatic rings. The average Bonchev–Trinajstić information content (AvgIpc) is 2.39. The first kappa shape index (κ1) is 13.2. The molecule has 0 N–H and O–H groups in total. The molecule has 0 aliphatic heterocycles. The van der Waals surface area contributed by atoms with E-state index in [1.54, 1.807) is 0 Å². The Morgan fingerprint density at radius 3 is 2.83 bits per heavy atom. The van der Waals surface area contributed by atoms with Crippen LogP contribution in [0, 0.1) is 6.92 Å². The van der Waals surface area contributed by atoms with Crippen molar-refractivity contribution >= 4 is 23.5 Å². The molecule has 0 atom stereocenters. The standard InChI is InChI=1S/C14H17NO2S/c1-11-5-6-12-3-2-4-13(14(12)15-11)17-8-7-16-9-10-18/h2-6,18H,7-10H2,1H3. The van der Waals surface area contributed by atoms with Gasteiger partial charge >= 0.3 is 0 Å². The van der Waals surface area contributed by atoms with E-state index in [-0.39, 0.29) is 0 Å². The van der Waals surface area contributed by atoms with Crippen molar-refractivity contribution in [1.29, 1.82) is 0 Å². The van der Waals surface area contributed by atoms with Crippen molar-refractivity contribution in [2.75, 3.05) is 25.6 Å². The molecule has 0 saturated carbocycles. The fourth-order valence-electron chi connectivity index (χ4n) is 1.71. The number of benzene rings is 1. The number of para-hydroxylation sites is 1. The second-order valence-electron chi connectivity index (χ2n) is 3.96. The topological polar surface area (TPSA) is 31.4 Å². The van der Waals surface area contributed by atoms with E-state index in [0.29, 0.717) is 19.8 Å². The van der Waals surface area contributed by atoms with Gasteiger partial charge in [-0.3, -0.25) is 0 Å². The number of aromatic nitrogens is 1. The Labute approximate surface area is 113 Å². The Bertz CT molecular complexity index is 516. The highest BCUT2D eigenvalue weighted by atomic mass is 32.1. The van der Waals surface area contributed by atoms with Gasteiger partial charge in [0.15, 0.2) is 0 Å². The third-order valence-corrected chi connectivity index (χ3v) is 2.73. The quantitative estimate of drug-likeness (QED) is 0.642. The molecule has 0 fully saturated rings. The van der Waals surface area contributed by atoms with E-state index in [2.05, 4.69) is 23.7 Å². The van der Waals surface area contributed by atoms with Gasteiger partial charge in [0, 0.05) is 16.8 Å². The van der Waals surface area contributed by atoms with E-state index in [4.69, 9.17) is 9.47 Å². The van der Waals surface area contributed by atoms with E-state index in [0.717, 1.165) is 28.1 Å². The Morgan fingerprint density at radius 1 is 1.11 bits per heavy atom. The SMILES string of the molecule is Cc1ccc2cccc(OCCOCCS)c2n1. The van der Waals surface area contributed by atoms with Crippen molar-refractivity contribution in [3.8, 4) is 5.75 Å². The van der Waals surface area contributed by atoms with Crippen molar-refractivity contribution in [1.82, 2.24) is 4.98 Å². The monoisotopic (exact) mass is 263 g/mol. The second kappa shape index (κ2) is 6.61. The van der Waals surface area contributed by atoms with E-state index < -0.39 is 0 Å². The number of hydrogen-bond acceptors (Lipinski definition) is 4. The largest absolute Gasteiger partial charge is 0.489 e. The molecule has 0 saturated heterocycles. The minimum atomic E-state index is 0.530. The predicted molar refractivity (Wildman–Crippen MR) is 76.6 cm³/mol. The molecule has 0 unspecified atom stereocenters. The van der Waals surface area contributed by atoms with Gasteiger partial charge in [0.25, 0.3) is 0 Å². The molecule has 0 aliphatic carbocycles. The van der Waals surface area contributed by atoms with Crippen molar-refractivity contribution in [3.05, 3.63) is 36.0 Å². The summed E-state index contributed by atoms with van der Waals surface area (Å²) in [5.74, 6) is 1.54. The zero-order chi connectivity index (χ0) is 12.8. The van der Waals surface area contributed by atoms with E-state index >= 15 is 0 Å². The maximum atomic E-state index is 5.71. The van der Waals surface area contributed by atoms with Gasteiger partial charge in [-0.05, 0) is 19.1 Å². The van der Waals surface area contributed by atoms with Crippen molar-refractivity contribution in [3.63, 3.8) is 0 Å². The minimum absolute atomic E-state index is 0.530. The van der Waals surface area contributed by atoms with Crippen LogP contribution in [-0.2, 0) is 4.74 Å². The predicted octanol–water partition coefficient (Wildman–Crippen LogP) is 2.87. The highest BCUT2D eigenvalue weighted by Crippen LogP contribution is 2.23. The molecular formula is C14H17NO2S. The van der Waals surface area contributed by atoms with Gasteiger partial charge in [-0.25, -0.2) is 4.98 Å². The van der Waals surface area contributed by atoms with E-state index in [9.17, 15) is 0 Å². The average molecular weight is 263 g/mol. The fraction of sp³-hybridized carbons (Fsp3) is 0.357. The fourth-order valence-corrected chi connectivity index (χ4v) is 1.84. The summed E-state index contributed by atoms with van der Waals surface area (Å²) in [5, 5.41) is 1.09. The van der Waals surface area contributed by atoms with Crippen LogP contribution in [0.4, 0.5) is 0 Å². The number of fused-ring (bicyclic) bond motifs is 1. The first-order valence-corrected chi connectivity index (χ1v) is 6.62. The maximum absolute atomic E-state index is 5.71. The first-order chi connectivity index (χ1) is 8.81. The minimum Gasteiger partial charge on any atom is -0.489 e. The molecule has 18 heavy (non-hydrogen) atoms. The van der Waals surface area contributed by atoms with Crippen LogP contribution in [0.25, 0.3) is 10.9 Å². The number of pyridine rings is 1. The summed E-state index contributed by atoms with van der Waals surface area (Å²) in [6, 6.07) is 10.0. The summed E-state index contributed by atoms with van der Waals surface area (Å²) in [4.78, 5) is 4.51. The summed E-state index contributed by atoms with van der Waals surface area (Å²) < 4.78 is 11.0. The maximum Gasteiger partial charge on any atom is 0.145 e. The summed E-state index contributed by atoms with van der Waals surface area (Å²) in [5.41, 5.74) is 1.90. The van der Waals surface area contributed by atoms with E-state index in [1.165, 1.54) is 0 Å². The van der Waals surface area contributed by atoms with Crippen molar-refractivity contribution in [2.24, 2.45) is 0 Å². The molecule has 0 aliphatic rings. The molecule has 0 spiro atoms. The lowest BCUT2D eigenvalue weighted by Gasteiger charge is -2.09. The molecule has 96 valence electrons. The van der Waals surface area contributed by atoms with Gasteiger partial charge in [-0.15, -0.1) is 0 Å². The van der Waals surface area contributed by atoms with Gasteiger partial charge < -0.3 is 9.47 Å². The molecule has 4 heteroatoms. The van der Waals surface area contributed by atoms with Gasteiger partial charge in [0.05, 0.1) is 13.2 Å². The normalized spacial score (nSPS) is 10.8. The van der Waals surface area contributed by atoms with E-state index in [1.807, 2.05) is 31.2 Å². The Kier molecular flexibility index (Phi) is 4.84. The van der Waals surface area contributed by atoms with Gasteiger partial charge in [0.2, 0.25) is 0 Å². The lowest BCUT2D eigenvalue weighted by atomic mass is 10.2. The van der Waals surface area contributed by atoms with Gasteiger partial charge in [0.1, 0.15) is 17.9 Å². The third kappa shape index (κ3) is 3.37. The lowest BCUT2D eigenvalue weighted by Crippen LogP contribution is -2.08. The molecule has 1 heterocycles. The van der Waals surface area contributed by atoms with Gasteiger partial charge in [-0.1, -0.05) is 18.2 Å². The van der Waals surface area contributed by atoms with Gasteiger partial charge in [-0.2, -0.15) is 12.6 Å².